The van der Waals surface area contributed by atoms with Gasteiger partial charge in [-0.3, -0.25) is 9.78 Å². The standard InChI is InChI=1S/C13H21N3O2/c1-9-6-11(14-4)10(7-15-9)12(17)16-13(2,3)8-18-5/h6-7H,8H2,1-5H3,(H,14,15)(H,16,17). The van der Waals surface area contributed by atoms with E-state index in [1.807, 2.05) is 26.8 Å². The van der Waals surface area contributed by atoms with Crippen LogP contribution in [0.25, 0.3) is 0 Å². The summed E-state index contributed by atoms with van der Waals surface area (Å²) >= 11 is 0. The maximum absolute atomic E-state index is 12.2. The van der Waals surface area contributed by atoms with Crippen LogP contribution in [-0.4, -0.2) is 37.2 Å². The number of rotatable bonds is 5. The van der Waals surface area contributed by atoms with E-state index in [1.54, 1.807) is 20.4 Å². The van der Waals surface area contributed by atoms with Gasteiger partial charge >= 0.3 is 0 Å². The second-order valence-electron chi connectivity index (χ2n) is 4.89. The van der Waals surface area contributed by atoms with E-state index in [-0.39, 0.29) is 5.91 Å². The minimum Gasteiger partial charge on any atom is -0.387 e. The van der Waals surface area contributed by atoms with Gasteiger partial charge in [-0.05, 0) is 26.8 Å². The number of ether oxygens (including phenoxy) is 1. The third-order valence-corrected chi connectivity index (χ3v) is 2.51. The largest absolute Gasteiger partial charge is 0.387 e. The molecule has 0 radical (unpaired) electrons. The SMILES string of the molecule is CNc1cc(C)ncc1C(=O)NC(C)(C)COC. The van der Waals surface area contributed by atoms with Gasteiger partial charge in [-0.25, -0.2) is 0 Å². The Morgan fingerprint density at radius 1 is 1.50 bits per heavy atom. The Labute approximate surface area is 108 Å². The molecule has 0 aliphatic heterocycles. The summed E-state index contributed by atoms with van der Waals surface area (Å²) in [5.74, 6) is -0.158. The van der Waals surface area contributed by atoms with Crippen molar-refractivity contribution in [1.29, 1.82) is 0 Å². The van der Waals surface area contributed by atoms with Crippen molar-refractivity contribution in [2.45, 2.75) is 26.3 Å². The summed E-state index contributed by atoms with van der Waals surface area (Å²) in [7, 11) is 3.40. The van der Waals surface area contributed by atoms with Crippen LogP contribution in [0.15, 0.2) is 12.3 Å². The van der Waals surface area contributed by atoms with Crippen LogP contribution in [0.4, 0.5) is 5.69 Å². The molecule has 0 bridgehead atoms. The van der Waals surface area contributed by atoms with Crippen molar-refractivity contribution in [2.24, 2.45) is 0 Å². The van der Waals surface area contributed by atoms with Gasteiger partial charge in [-0.2, -0.15) is 0 Å². The maximum atomic E-state index is 12.2. The molecule has 0 aromatic carbocycles. The van der Waals surface area contributed by atoms with Crippen molar-refractivity contribution < 1.29 is 9.53 Å². The summed E-state index contributed by atoms with van der Waals surface area (Å²) in [6.45, 7) is 6.16. The van der Waals surface area contributed by atoms with E-state index >= 15 is 0 Å². The minimum absolute atomic E-state index is 0.158. The number of hydrogen-bond donors (Lipinski definition) is 2. The van der Waals surface area contributed by atoms with Crippen LogP contribution in [0.1, 0.15) is 29.9 Å². The van der Waals surface area contributed by atoms with Crippen molar-refractivity contribution in [3.63, 3.8) is 0 Å². The zero-order valence-corrected chi connectivity index (χ0v) is 11.6. The summed E-state index contributed by atoms with van der Waals surface area (Å²) in [6, 6.07) is 1.85. The average molecular weight is 251 g/mol. The van der Waals surface area contributed by atoms with E-state index in [4.69, 9.17) is 4.74 Å². The molecule has 0 saturated heterocycles. The lowest BCUT2D eigenvalue weighted by atomic mass is 10.1. The first-order valence-electron chi connectivity index (χ1n) is 5.85. The second kappa shape index (κ2) is 5.82. The first-order chi connectivity index (χ1) is 8.39. The smallest absolute Gasteiger partial charge is 0.255 e. The molecule has 1 aromatic heterocycles. The Morgan fingerprint density at radius 3 is 2.72 bits per heavy atom. The number of anilines is 1. The molecular weight excluding hydrogens is 230 g/mol. The third kappa shape index (κ3) is 3.70. The summed E-state index contributed by atoms with van der Waals surface area (Å²) in [4.78, 5) is 16.3. The molecule has 0 spiro atoms. The molecule has 1 amide bonds. The number of aromatic nitrogens is 1. The minimum atomic E-state index is -0.415. The number of nitrogens with one attached hydrogen (secondary N) is 2. The van der Waals surface area contributed by atoms with Gasteiger partial charge in [0.15, 0.2) is 0 Å². The Hall–Kier alpha value is -1.62. The number of carbonyl (C=O) groups excluding carboxylic acids is 1. The Kier molecular flexibility index (Phi) is 4.67. The van der Waals surface area contributed by atoms with E-state index < -0.39 is 5.54 Å². The fourth-order valence-electron chi connectivity index (χ4n) is 1.72. The highest BCUT2D eigenvalue weighted by Crippen LogP contribution is 2.16. The molecule has 100 valence electrons. The van der Waals surface area contributed by atoms with Crippen LogP contribution in [0.5, 0.6) is 0 Å². The summed E-state index contributed by atoms with van der Waals surface area (Å²) in [6.07, 6.45) is 1.58. The number of nitrogens with zero attached hydrogens (tertiary/aromatic N) is 1. The zero-order chi connectivity index (χ0) is 13.8. The lowest BCUT2D eigenvalue weighted by molar-refractivity contribution is 0.0820. The molecule has 5 heteroatoms. The van der Waals surface area contributed by atoms with Crippen LogP contribution in [0.3, 0.4) is 0 Å². The molecule has 1 rings (SSSR count). The number of pyridine rings is 1. The molecule has 1 heterocycles. The fraction of sp³-hybridized carbons (Fsp3) is 0.538. The number of amides is 1. The Balaban J connectivity index is 2.91. The summed E-state index contributed by atoms with van der Waals surface area (Å²) in [5, 5.41) is 5.93. The van der Waals surface area contributed by atoms with Gasteiger partial charge in [0.2, 0.25) is 0 Å². The lowest BCUT2D eigenvalue weighted by Gasteiger charge is -2.25. The fourth-order valence-corrected chi connectivity index (χ4v) is 1.72. The normalized spacial score (nSPS) is 11.2. The molecule has 5 nitrogen and oxygen atoms in total. The Morgan fingerprint density at radius 2 is 2.17 bits per heavy atom. The number of hydrogen-bond acceptors (Lipinski definition) is 4. The van der Waals surface area contributed by atoms with E-state index in [9.17, 15) is 4.79 Å². The molecule has 0 unspecified atom stereocenters. The first-order valence-corrected chi connectivity index (χ1v) is 5.85. The monoisotopic (exact) mass is 251 g/mol. The van der Waals surface area contributed by atoms with Gasteiger partial charge in [0, 0.05) is 26.0 Å². The summed E-state index contributed by atoms with van der Waals surface area (Å²) in [5.41, 5.74) is 1.76. The predicted octanol–water partition coefficient (Wildman–Crippen LogP) is 1.59. The topological polar surface area (TPSA) is 63.2 Å². The van der Waals surface area contributed by atoms with Gasteiger partial charge in [-0.15, -0.1) is 0 Å². The van der Waals surface area contributed by atoms with E-state index in [0.717, 1.165) is 11.4 Å². The number of carbonyl (C=O) groups is 1. The highest BCUT2D eigenvalue weighted by molar-refractivity contribution is 5.99. The zero-order valence-electron chi connectivity index (χ0n) is 11.6. The van der Waals surface area contributed by atoms with Gasteiger partial charge < -0.3 is 15.4 Å². The van der Waals surface area contributed by atoms with Gasteiger partial charge in [-0.1, -0.05) is 0 Å². The molecule has 0 saturated carbocycles. The van der Waals surface area contributed by atoms with Crippen LogP contribution in [0.2, 0.25) is 0 Å². The van der Waals surface area contributed by atoms with Crippen molar-refractivity contribution in [3.8, 4) is 0 Å². The molecular formula is C13H21N3O2. The quantitative estimate of drug-likeness (QED) is 0.834. The summed E-state index contributed by atoms with van der Waals surface area (Å²) < 4.78 is 5.07. The molecule has 18 heavy (non-hydrogen) atoms. The van der Waals surface area contributed by atoms with Crippen molar-refractivity contribution in [1.82, 2.24) is 10.3 Å². The van der Waals surface area contributed by atoms with Crippen LogP contribution in [0, 0.1) is 6.92 Å². The molecule has 0 fully saturated rings. The van der Waals surface area contributed by atoms with Crippen LogP contribution < -0.4 is 10.6 Å². The Bertz CT molecular complexity index is 430. The molecule has 0 aliphatic carbocycles. The van der Waals surface area contributed by atoms with Gasteiger partial charge in [0.05, 0.1) is 23.4 Å². The molecule has 1 aromatic rings. The van der Waals surface area contributed by atoms with E-state index in [1.165, 1.54) is 0 Å². The van der Waals surface area contributed by atoms with E-state index in [0.29, 0.717) is 12.2 Å². The lowest BCUT2D eigenvalue weighted by Crippen LogP contribution is -2.46. The third-order valence-electron chi connectivity index (χ3n) is 2.51. The van der Waals surface area contributed by atoms with Gasteiger partial charge in [0.1, 0.15) is 0 Å². The van der Waals surface area contributed by atoms with Gasteiger partial charge in [0.25, 0.3) is 5.91 Å². The highest BCUT2D eigenvalue weighted by atomic mass is 16.5. The van der Waals surface area contributed by atoms with E-state index in [2.05, 4.69) is 15.6 Å². The van der Waals surface area contributed by atoms with Crippen molar-refractivity contribution in [3.05, 3.63) is 23.5 Å². The molecule has 2 N–H and O–H groups in total. The van der Waals surface area contributed by atoms with Crippen molar-refractivity contribution >= 4 is 11.6 Å². The molecule has 0 aliphatic rings. The highest BCUT2D eigenvalue weighted by Gasteiger charge is 2.22. The van der Waals surface area contributed by atoms with Crippen LogP contribution in [-0.2, 0) is 4.74 Å². The number of methoxy groups -OCH3 is 1. The number of aryl methyl sites for hydroxylation is 1. The second-order valence-corrected chi connectivity index (χ2v) is 4.89. The maximum Gasteiger partial charge on any atom is 0.255 e. The first kappa shape index (κ1) is 14.4. The molecule has 0 atom stereocenters. The van der Waals surface area contributed by atoms with Crippen molar-refractivity contribution in [2.75, 3.05) is 26.1 Å². The predicted molar refractivity (Wildman–Crippen MR) is 71.9 cm³/mol. The average Bonchev–Trinajstić information content (AvgIpc) is 2.27. The van der Waals surface area contributed by atoms with Crippen LogP contribution >= 0.6 is 0 Å².